The number of aliphatic hydroxyl groups is 1. The van der Waals surface area contributed by atoms with Gasteiger partial charge in [0.05, 0.1) is 15.9 Å². The van der Waals surface area contributed by atoms with Crippen molar-refractivity contribution in [2.24, 2.45) is 5.73 Å². The van der Waals surface area contributed by atoms with Crippen LogP contribution in [0.5, 0.6) is 0 Å². The van der Waals surface area contributed by atoms with Gasteiger partial charge in [-0.15, -0.1) is 0 Å². The Kier molecular flexibility index (Phi) is 14.3. The molecule has 0 aliphatic heterocycles. The average molecular weight is 571 g/mol. The van der Waals surface area contributed by atoms with Gasteiger partial charge in [0.15, 0.2) is 0 Å². The summed E-state index contributed by atoms with van der Waals surface area (Å²) in [5.74, 6) is 0. The van der Waals surface area contributed by atoms with E-state index in [0.29, 0.717) is 13.0 Å². The lowest BCUT2D eigenvalue weighted by atomic mass is 10.0. The summed E-state index contributed by atoms with van der Waals surface area (Å²) < 4.78 is 70.9. The summed E-state index contributed by atoms with van der Waals surface area (Å²) >= 11 is 0. The van der Waals surface area contributed by atoms with E-state index in [2.05, 4.69) is 5.32 Å². The third-order valence-corrected chi connectivity index (χ3v) is 6.81. The first-order valence-corrected chi connectivity index (χ1v) is 14.4. The second kappa shape index (κ2) is 16.3. The smallest absolute Gasteiger partial charge is 0.294 e. The number of hydrogen-bond acceptors (Lipinski definition) is 7. The highest BCUT2D eigenvalue weighted by Gasteiger charge is 2.14. The fourth-order valence-corrected chi connectivity index (χ4v) is 3.87. The monoisotopic (exact) mass is 570 g/mol. The molecule has 0 aliphatic rings. The summed E-state index contributed by atoms with van der Waals surface area (Å²) in [6.07, 6.45) is -0.0222. The van der Waals surface area contributed by atoms with E-state index in [9.17, 15) is 26.3 Å². The fourth-order valence-electron chi connectivity index (χ4n) is 2.91. The number of alkyl halides is 1. The van der Waals surface area contributed by atoms with Gasteiger partial charge >= 0.3 is 0 Å². The maximum Gasteiger partial charge on any atom is 0.294 e. The van der Waals surface area contributed by atoms with Crippen molar-refractivity contribution < 1.29 is 35.4 Å². The summed E-state index contributed by atoms with van der Waals surface area (Å²) in [5, 5.41) is 12.5. The predicted molar refractivity (Wildman–Crippen MR) is 145 cm³/mol. The number of aryl methyl sites for hydroxylation is 2. The van der Waals surface area contributed by atoms with E-state index in [4.69, 9.17) is 14.8 Å². The van der Waals surface area contributed by atoms with Gasteiger partial charge in [-0.25, -0.2) is 4.39 Å². The molecule has 0 saturated carbocycles. The molecule has 2 atom stereocenters. The highest BCUT2D eigenvalue weighted by Crippen LogP contribution is 2.09. The molecule has 0 aromatic heterocycles. The van der Waals surface area contributed by atoms with Crippen molar-refractivity contribution in [1.82, 2.24) is 5.32 Å². The summed E-state index contributed by atoms with van der Waals surface area (Å²) in [5.41, 5.74) is 8.86. The predicted octanol–water partition coefficient (Wildman–Crippen LogP) is 2.96. The van der Waals surface area contributed by atoms with Crippen LogP contribution in [0.2, 0.25) is 0 Å². The second-order valence-electron chi connectivity index (χ2n) is 8.39. The van der Waals surface area contributed by atoms with E-state index < -0.39 is 33.0 Å². The number of halogens is 1. The molecule has 38 heavy (non-hydrogen) atoms. The molecular weight excluding hydrogens is 535 g/mol. The zero-order valence-electron chi connectivity index (χ0n) is 21.2. The standard InChI is InChI=1S/C12H19FN2O.2C7H8O3S/c13-6-7-15-9-12(16)11(14)8-10-4-2-1-3-5-10;2*1-6-2-4-7(5-3-6)11(8,9)10/h1-5,11-12,15-16H,6-9,14H2;2*2-5H,1H3,(H,8,9,10)/t11-,12+;;/m0../s1. The normalized spacial score (nSPS) is 12.8. The molecule has 0 saturated heterocycles. The Morgan fingerprint density at radius 1 is 0.789 bits per heavy atom. The molecule has 6 N–H and O–H groups in total. The molecule has 12 heteroatoms. The number of nitrogens with one attached hydrogen (secondary N) is 1. The van der Waals surface area contributed by atoms with E-state index in [1.165, 1.54) is 24.3 Å². The molecule has 0 radical (unpaired) electrons. The largest absolute Gasteiger partial charge is 0.390 e. The van der Waals surface area contributed by atoms with Crippen LogP contribution in [0, 0.1) is 13.8 Å². The summed E-state index contributed by atoms with van der Waals surface area (Å²) in [7, 11) is -8.04. The Morgan fingerprint density at radius 3 is 1.58 bits per heavy atom. The van der Waals surface area contributed by atoms with Crippen molar-refractivity contribution in [2.45, 2.75) is 42.2 Å². The molecule has 3 aromatic rings. The van der Waals surface area contributed by atoms with Gasteiger partial charge in [0, 0.05) is 19.1 Å². The molecule has 9 nitrogen and oxygen atoms in total. The molecule has 3 rings (SSSR count). The second-order valence-corrected chi connectivity index (χ2v) is 11.2. The third kappa shape index (κ3) is 13.7. The van der Waals surface area contributed by atoms with Crippen LogP contribution in [-0.2, 0) is 26.7 Å². The average Bonchev–Trinajstić information content (AvgIpc) is 2.85. The molecular formula is C26H35FN2O7S2. The SMILES string of the molecule is Cc1ccc(S(=O)(=O)O)cc1.Cc1ccc(S(=O)(=O)O)cc1.N[C@@H](Cc1ccccc1)[C@H](O)CNCCF. The Balaban J connectivity index is 0.000000293. The van der Waals surface area contributed by atoms with Gasteiger partial charge in [0.1, 0.15) is 6.67 Å². The molecule has 0 amide bonds. The van der Waals surface area contributed by atoms with Crippen molar-refractivity contribution >= 4 is 20.2 Å². The van der Waals surface area contributed by atoms with Crippen LogP contribution in [0.1, 0.15) is 16.7 Å². The maximum absolute atomic E-state index is 11.8. The zero-order chi connectivity index (χ0) is 28.8. The fraction of sp³-hybridized carbons (Fsp3) is 0.308. The lowest BCUT2D eigenvalue weighted by Crippen LogP contribution is -2.43. The first kappa shape index (κ1) is 33.3. The number of hydrogen-bond donors (Lipinski definition) is 5. The van der Waals surface area contributed by atoms with E-state index in [1.54, 1.807) is 24.3 Å². The number of rotatable bonds is 9. The van der Waals surface area contributed by atoms with Gasteiger partial charge < -0.3 is 16.2 Å². The van der Waals surface area contributed by atoms with Crippen molar-refractivity contribution in [2.75, 3.05) is 19.8 Å². The summed E-state index contributed by atoms with van der Waals surface area (Å²) in [6.45, 7) is 3.84. The molecule has 0 spiro atoms. The Labute approximate surface area is 224 Å². The summed E-state index contributed by atoms with van der Waals surface area (Å²) in [4.78, 5) is -0.133. The van der Waals surface area contributed by atoms with Crippen LogP contribution >= 0.6 is 0 Å². The van der Waals surface area contributed by atoms with Crippen LogP contribution in [0.15, 0.2) is 88.7 Å². The van der Waals surface area contributed by atoms with Crippen molar-refractivity contribution in [3.8, 4) is 0 Å². The van der Waals surface area contributed by atoms with E-state index >= 15 is 0 Å². The molecule has 0 fully saturated rings. The van der Waals surface area contributed by atoms with Crippen LogP contribution in [0.25, 0.3) is 0 Å². The van der Waals surface area contributed by atoms with Crippen LogP contribution in [0.3, 0.4) is 0 Å². The molecule has 3 aromatic carbocycles. The summed E-state index contributed by atoms with van der Waals surface area (Å²) in [6, 6.07) is 21.4. The van der Waals surface area contributed by atoms with Gasteiger partial charge in [-0.1, -0.05) is 65.7 Å². The highest BCUT2D eigenvalue weighted by atomic mass is 32.2. The number of aliphatic hydroxyl groups excluding tert-OH is 1. The van der Waals surface area contributed by atoms with Crippen LogP contribution < -0.4 is 11.1 Å². The molecule has 0 aliphatic carbocycles. The first-order valence-electron chi connectivity index (χ1n) is 11.6. The Morgan fingerprint density at radius 2 is 1.21 bits per heavy atom. The number of nitrogens with two attached hydrogens (primary N) is 1. The van der Waals surface area contributed by atoms with Crippen LogP contribution in [-0.4, -0.2) is 63.0 Å². The van der Waals surface area contributed by atoms with Crippen molar-refractivity contribution in [3.63, 3.8) is 0 Å². The van der Waals surface area contributed by atoms with Crippen LogP contribution in [0.4, 0.5) is 4.39 Å². The molecule has 210 valence electrons. The van der Waals surface area contributed by atoms with Crippen molar-refractivity contribution in [3.05, 3.63) is 95.6 Å². The topological polar surface area (TPSA) is 167 Å². The Hall–Kier alpha value is -2.71. The lowest BCUT2D eigenvalue weighted by Gasteiger charge is -2.19. The lowest BCUT2D eigenvalue weighted by molar-refractivity contribution is 0.141. The first-order chi connectivity index (χ1) is 17.7. The Bertz CT molecular complexity index is 1210. The molecule has 0 heterocycles. The maximum atomic E-state index is 11.8. The minimum absolute atomic E-state index is 0.0666. The van der Waals surface area contributed by atoms with Gasteiger partial charge in [-0.3, -0.25) is 9.11 Å². The van der Waals surface area contributed by atoms with E-state index in [0.717, 1.165) is 16.7 Å². The number of benzene rings is 3. The quantitative estimate of drug-likeness (QED) is 0.192. The van der Waals surface area contributed by atoms with E-state index in [1.807, 2.05) is 44.2 Å². The highest BCUT2D eigenvalue weighted by molar-refractivity contribution is 7.86. The minimum Gasteiger partial charge on any atom is -0.390 e. The van der Waals surface area contributed by atoms with Crippen molar-refractivity contribution in [1.29, 1.82) is 0 Å². The van der Waals surface area contributed by atoms with Gasteiger partial charge in [-0.2, -0.15) is 16.8 Å². The zero-order valence-corrected chi connectivity index (χ0v) is 22.9. The molecule has 0 bridgehead atoms. The van der Waals surface area contributed by atoms with Gasteiger partial charge in [0.2, 0.25) is 0 Å². The van der Waals surface area contributed by atoms with Gasteiger partial charge in [0.25, 0.3) is 20.2 Å². The minimum atomic E-state index is -4.02. The van der Waals surface area contributed by atoms with Gasteiger partial charge in [-0.05, 0) is 50.1 Å². The molecule has 0 unspecified atom stereocenters. The van der Waals surface area contributed by atoms with E-state index in [-0.39, 0.29) is 22.4 Å². The third-order valence-electron chi connectivity index (χ3n) is 5.07.